The number of hydrogen-bond donors (Lipinski definition) is 3. The number of Topliss-reactive ketones (excluding diaryl/α,β-unsaturated/α-hetero) is 1. The molecular formula is C12H19N3O. The van der Waals surface area contributed by atoms with Gasteiger partial charge in [-0.05, 0) is 50.5 Å². The fourth-order valence-electron chi connectivity index (χ4n) is 2.09. The normalized spacial score (nSPS) is 20.9. The smallest absolute Gasteiger partial charge is 0.192 e. The van der Waals surface area contributed by atoms with E-state index in [-0.39, 0.29) is 5.78 Å². The van der Waals surface area contributed by atoms with Crippen molar-refractivity contribution in [2.75, 3.05) is 26.2 Å². The molecule has 3 N–H and O–H groups in total. The number of rotatable bonds is 5. The van der Waals surface area contributed by atoms with Crippen molar-refractivity contribution in [1.82, 2.24) is 15.6 Å². The first-order valence-corrected chi connectivity index (χ1v) is 5.94. The number of aromatic nitrogens is 1. The van der Waals surface area contributed by atoms with E-state index in [1.165, 1.54) is 12.8 Å². The third-order valence-corrected chi connectivity index (χ3v) is 3.02. The molecule has 1 aromatic heterocycles. The molecule has 1 aromatic rings. The average molecular weight is 221 g/mol. The SMILES string of the molecule is O=C(CNC[C@H]1CCCNC1)c1ccc[nH]1. The lowest BCUT2D eigenvalue weighted by atomic mass is 10.00. The lowest BCUT2D eigenvalue weighted by molar-refractivity contribution is 0.0985. The minimum absolute atomic E-state index is 0.133. The van der Waals surface area contributed by atoms with Crippen LogP contribution in [-0.4, -0.2) is 36.9 Å². The second-order valence-corrected chi connectivity index (χ2v) is 4.35. The lowest BCUT2D eigenvalue weighted by Crippen LogP contribution is -2.37. The Bertz CT molecular complexity index is 315. The van der Waals surface area contributed by atoms with Crippen LogP contribution >= 0.6 is 0 Å². The van der Waals surface area contributed by atoms with Crippen LogP contribution in [0.1, 0.15) is 23.3 Å². The molecule has 16 heavy (non-hydrogen) atoms. The summed E-state index contributed by atoms with van der Waals surface area (Å²) < 4.78 is 0. The van der Waals surface area contributed by atoms with E-state index in [9.17, 15) is 4.79 Å². The van der Waals surface area contributed by atoms with Crippen LogP contribution in [0.2, 0.25) is 0 Å². The summed E-state index contributed by atoms with van der Waals surface area (Å²) in [4.78, 5) is 14.6. The number of piperidine rings is 1. The first kappa shape index (κ1) is 11.4. The van der Waals surface area contributed by atoms with Gasteiger partial charge in [0.2, 0.25) is 0 Å². The van der Waals surface area contributed by atoms with Gasteiger partial charge in [-0.2, -0.15) is 0 Å². The largest absolute Gasteiger partial charge is 0.359 e. The molecule has 0 radical (unpaired) electrons. The Morgan fingerprint density at radius 1 is 1.56 bits per heavy atom. The Hall–Kier alpha value is -1.13. The van der Waals surface area contributed by atoms with Gasteiger partial charge < -0.3 is 15.6 Å². The van der Waals surface area contributed by atoms with Gasteiger partial charge in [-0.25, -0.2) is 0 Å². The van der Waals surface area contributed by atoms with Crippen molar-refractivity contribution >= 4 is 5.78 Å². The molecule has 4 heteroatoms. The van der Waals surface area contributed by atoms with Gasteiger partial charge in [-0.3, -0.25) is 4.79 Å². The zero-order chi connectivity index (χ0) is 11.2. The highest BCUT2D eigenvalue weighted by Gasteiger charge is 2.13. The van der Waals surface area contributed by atoms with Crippen molar-refractivity contribution in [3.05, 3.63) is 24.0 Å². The number of ketones is 1. The first-order valence-electron chi connectivity index (χ1n) is 5.94. The highest BCUT2D eigenvalue weighted by atomic mass is 16.1. The molecule has 88 valence electrons. The molecular weight excluding hydrogens is 202 g/mol. The Balaban J connectivity index is 1.66. The maximum absolute atomic E-state index is 11.6. The van der Waals surface area contributed by atoms with Crippen LogP contribution in [0.4, 0.5) is 0 Å². The standard InChI is InChI=1S/C12H19N3O/c16-12(11-4-2-6-15-11)9-14-8-10-3-1-5-13-7-10/h2,4,6,10,13-15H,1,3,5,7-9H2/t10-/m0/s1. The second kappa shape index (κ2) is 5.82. The number of aromatic amines is 1. The van der Waals surface area contributed by atoms with E-state index in [2.05, 4.69) is 15.6 Å². The Morgan fingerprint density at radius 3 is 3.19 bits per heavy atom. The molecule has 0 aliphatic carbocycles. The van der Waals surface area contributed by atoms with E-state index >= 15 is 0 Å². The van der Waals surface area contributed by atoms with E-state index < -0.39 is 0 Å². The predicted octanol–water partition coefficient (Wildman–Crippen LogP) is 0.787. The monoisotopic (exact) mass is 221 g/mol. The molecule has 4 nitrogen and oxygen atoms in total. The molecule has 0 amide bonds. The van der Waals surface area contributed by atoms with E-state index in [0.29, 0.717) is 18.2 Å². The van der Waals surface area contributed by atoms with Crippen LogP contribution in [0.5, 0.6) is 0 Å². The summed E-state index contributed by atoms with van der Waals surface area (Å²) in [5.41, 5.74) is 0.689. The summed E-state index contributed by atoms with van der Waals surface area (Å²) in [6.07, 6.45) is 4.28. The van der Waals surface area contributed by atoms with Crippen molar-refractivity contribution in [3.63, 3.8) is 0 Å². The van der Waals surface area contributed by atoms with Crippen molar-refractivity contribution in [3.8, 4) is 0 Å². The minimum Gasteiger partial charge on any atom is -0.359 e. The fraction of sp³-hybridized carbons (Fsp3) is 0.583. The maximum atomic E-state index is 11.6. The zero-order valence-electron chi connectivity index (χ0n) is 9.46. The Labute approximate surface area is 95.8 Å². The molecule has 0 unspecified atom stereocenters. The highest BCUT2D eigenvalue weighted by Crippen LogP contribution is 2.08. The molecule has 1 atom stereocenters. The van der Waals surface area contributed by atoms with Crippen LogP contribution in [0.25, 0.3) is 0 Å². The fourth-order valence-corrected chi connectivity index (χ4v) is 2.09. The topological polar surface area (TPSA) is 56.9 Å². The zero-order valence-corrected chi connectivity index (χ0v) is 9.46. The quantitative estimate of drug-likeness (QED) is 0.644. The highest BCUT2D eigenvalue weighted by molar-refractivity contribution is 5.95. The van der Waals surface area contributed by atoms with Gasteiger partial charge in [-0.15, -0.1) is 0 Å². The van der Waals surface area contributed by atoms with Gasteiger partial charge in [-0.1, -0.05) is 0 Å². The van der Waals surface area contributed by atoms with E-state index in [4.69, 9.17) is 0 Å². The molecule has 1 fully saturated rings. The molecule has 0 saturated carbocycles. The molecule has 0 bridgehead atoms. The first-order chi connectivity index (χ1) is 7.86. The summed E-state index contributed by atoms with van der Waals surface area (Å²) in [5, 5.41) is 6.60. The van der Waals surface area contributed by atoms with Crippen molar-refractivity contribution in [2.45, 2.75) is 12.8 Å². The predicted molar refractivity (Wildman–Crippen MR) is 63.6 cm³/mol. The summed E-state index contributed by atoms with van der Waals surface area (Å²) in [5.74, 6) is 0.805. The molecule has 1 saturated heterocycles. The number of hydrogen-bond acceptors (Lipinski definition) is 3. The van der Waals surface area contributed by atoms with E-state index in [0.717, 1.165) is 19.6 Å². The maximum Gasteiger partial charge on any atom is 0.192 e. The van der Waals surface area contributed by atoms with Crippen molar-refractivity contribution < 1.29 is 4.79 Å². The van der Waals surface area contributed by atoms with Crippen molar-refractivity contribution in [1.29, 1.82) is 0 Å². The third-order valence-electron chi connectivity index (χ3n) is 3.02. The molecule has 1 aliphatic heterocycles. The minimum atomic E-state index is 0.133. The summed E-state index contributed by atoms with van der Waals surface area (Å²) in [6, 6.07) is 3.66. The van der Waals surface area contributed by atoms with E-state index in [1.54, 1.807) is 6.20 Å². The Morgan fingerprint density at radius 2 is 2.50 bits per heavy atom. The number of carbonyl (C=O) groups excluding carboxylic acids is 1. The van der Waals surface area contributed by atoms with Crippen LogP contribution in [0.15, 0.2) is 18.3 Å². The van der Waals surface area contributed by atoms with Gasteiger partial charge in [0.1, 0.15) is 0 Å². The number of carbonyl (C=O) groups is 1. The van der Waals surface area contributed by atoms with Crippen LogP contribution in [0.3, 0.4) is 0 Å². The van der Waals surface area contributed by atoms with Gasteiger partial charge in [0.25, 0.3) is 0 Å². The molecule has 2 rings (SSSR count). The summed E-state index contributed by atoms with van der Waals surface area (Å²) in [7, 11) is 0. The van der Waals surface area contributed by atoms with Gasteiger partial charge in [0, 0.05) is 6.20 Å². The average Bonchev–Trinajstić information content (AvgIpc) is 2.84. The second-order valence-electron chi connectivity index (χ2n) is 4.35. The number of nitrogens with one attached hydrogen (secondary N) is 3. The third kappa shape index (κ3) is 3.18. The number of H-pyrrole nitrogens is 1. The Kier molecular flexibility index (Phi) is 4.13. The van der Waals surface area contributed by atoms with Crippen molar-refractivity contribution in [2.24, 2.45) is 5.92 Å². The molecule has 0 aromatic carbocycles. The van der Waals surface area contributed by atoms with Crippen LogP contribution in [-0.2, 0) is 0 Å². The van der Waals surface area contributed by atoms with Crippen LogP contribution < -0.4 is 10.6 Å². The van der Waals surface area contributed by atoms with Gasteiger partial charge >= 0.3 is 0 Å². The summed E-state index contributed by atoms with van der Waals surface area (Å²) >= 11 is 0. The van der Waals surface area contributed by atoms with Gasteiger partial charge in [0.05, 0.1) is 12.2 Å². The lowest BCUT2D eigenvalue weighted by Gasteiger charge is -2.22. The van der Waals surface area contributed by atoms with Gasteiger partial charge in [0.15, 0.2) is 5.78 Å². The van der Waals surface area contributed by atoms with E-state index in [1.807, 2.05) is 12.1 Å². The van der Waals surface area contributed by atoms with Crippen LogP contribution in [0, 0.1) is 5.92 Å². The summed E-state index contributed by atoms with van der Waals surface area (Å²) in [6.45, 7) is 3.57. The molecule has 2 heterocycles. The molecule has 1 aliphatic rings. The molecule has 0 spiro atoms.